The van der Waals surface area contributed by atoms with Crippen molar-refractivity contribution in [2.45, 2.75) is 25.8 Å². The number of anilines is 2. The van der Waals surface area contributed by atoms with Gasteiger partial charge in [0.25, 0.3) is 5.91 Å². The van der Waals surface area contributed by atoms with Crippen molar-refractivity contribution in [1.29, 1.82) is 0 Å². The zero-order valence-corrected chi connectivity index (χ0v) is 22.2. The van der Waals surface area contributed by atoms with E-state index < -0.39 is 35.2 Å². The lowest BCUT2D eigenvalue weighted by atomic mass is 10.0. The van der Waals surface area contributed by atoms with Crippen molar-refractivity contribution in [1.82, 2.24) is 14.8 Å². The Morgan fingerprint density at radius 3 is 2.29 bits per heavy atom. The Morgan fingerprint density at radius 1 is 0.951 bits per heavy atom. The first-order valence-electron chi connectivity index (χ1n) is 12.6. The van der Waals surface area contributed by atoms with E-state index in [1.807, 2.05) is 11.9 Å². The molecule has 0 unspecified atom stereocenters. The summed E-state index contributed by atoms with van der Waals surface area (Å²) in [5, 5.41) is 2.50. The van der Waals surface area contributed by atoms with Crippen LogP contribution in [0.4, 0.5) is 37.8 Å². The number of piperazine rings is 1. The van der Waals surface area contributed by atoms with Crippen molar-refractivity contribution in [3.63, 3.8) is 0 Å². The maximum Gasteiger partial charge on any atom is 0.419 e. The molecule has 6 nitrogen and oxygen atoms in total. The summed E-state index contributed by atoms with van der Waals surface area (Å²) < 4.78 is 81.1. The number of nitrogens with one attached hydrogen (secondary N) is 1. The second-order valence-corrected chi connectivity index (χ2v) is 9.84. The molecule has 1 aromatic heterocycles. The number of likely N-dealkylation sites (N-methyl/N-ethyl adjacent to an activating group) is 1. The number of nitrogen functional groups attached to an aromatic ring is 1. The number of hydrogen-bond acceptors (Lipinski definition) is 5. The molecule has 1 saturated heterocycles. The maximum absolute atomic E-state index is 13.9. The first kappa shape index (κ1) is 29.9. The monoisotopic (exact) mass is 575 g/mol. The first-order valence-corrected chi connectivity index (χ1v) is 12.6. The van der Waals surface area contributed by atoms with Gasteiger partial charge in [-0.3, -0.25) is 9.69 Å². The SMILES string of the molecule is Cc1ccc(C(=O)Nc2ccc(CN3CCN(C)CC3)c(C(F)(F)F)c2)cc1C#Cc1cnc(N)c(C(F)(F)F)c1. The highest BCUT2D eigenvalue weighted by atomic mass is 19.4. The van der Waals surface area contributed by atoms with Crippen LogP contribution in [0.25, 0.3) is 0 Å². The molecule has 216 valence electrons. The molecular formula is C29H27F6N5O. The van der Waals surface area contributed by atoms with Gasteiger partial charge in [0, 0.05) is 61.3 Å². The third-order valence-corrected chi connectivity index (χ3v) is 6.73. The van der Waals surface area contributed by atoms with Gasteiger partial charge < -0.3 is 16.0 Å². The summed E-state index contributed by atoms with van der Waals surface area (Å²) in [5.41, 5.74) is 4.56. The molecule has 12 heteroatoms. The van der Waals surface area contributed by atoms with E-state index in [1.54, 1.807) is 13.0 Å². The lowest BCUT2D eigenvalue weighted by Crippen LogP contribution is -2.44. The smallest absolute Gasteiger partial charge is 0.383 e. The van der Waals surface area contributed by atoms with Crippen LogP contribution < -0.4 is 11.1 Å². The van der Waals surface area contributed by atoms with Crippen LogP contribution in [0.1, 0.15) is 43.7 Å². The number of aryl methyl sites for hydroxylation is 1. The molecule has 0 radical (unpaired) electrons. The lowest BCUT2D eigenvalue weighted by molar-refractivity contribution is -0.138. The molecule has 1 aliphatic heterocycles. The second kappa shape index (κ2) is 11.8. The number of halogens is 6. The number of nitrogens with zero attached hydrogens (tertiary/aromatic N) is 3. The molecule has 2 heterocycles. The van der Waals surface area contributed by atoms with Gasteiger partial charge in [0.2, 0.25) is 0 Å². The van der Waals surface area contributed by atoms with Gasteiger partial charge in [-0.05, 0) is 55.4 Å². The molecular weight excluding hydrogens is 548 g/mol. The summed E-state index contributed by atoms with van der Waals surface area (Å²) in [6, 6.07) is 8.99. The summed E-state index contributed by atoms with van der Waals surface area (Å²) in [5.74, 6) is 3.99. The average Bonchev–Trinajstić information content (AvgIpc) is 2.89. The van der Waals surface area contributed by atoms with Crippen LogP contribution >= 0.6 is 0 Å². The predicted molar refractivity (Wildman–Crippen MR) is 143 cm³/mol. The highest BCUT2D eigenvalue weighted by Gasteiger charge is 2.35. The van der Waals surface area contributed by atoms with E-state index in [0.717, 1.165) is 31.4 Å². The maximum atomic E-state index is 13.9. The fourth-order valence-corrected chi connectivity index (χ4v) is 4.31. The van der Waals surface area contributed by atoms with Gasteiger partial charge in [0.05, 0.1) is 11.1 Å². The number of hydrogen-bond donors (Lipinski definition) is 2. The van der Waals surface area contributed by atoms with E-state index in [9.17, 15) is 31.1 Å². The summed E-state index contributed by atoms with van der Waals surface area (Å²) >= 11 is 0. The number of carbonyl (C=O) groups is 1. The van der Waals surface area contributed by atoms with Gasteiger partial charge in [-0.2, -0.15) is 26.3 Å². The molecule has 0 atom stereocenters. The molecule has 0 saturated carbocycles. The van der Waals surface area contributed by atoms with Crippen molar-refractivity contribution < 1.29 is 31.1 Å². The standard InChI is InChI=1S/C29H27F6N5O/c1-18-3-5-21(14-20(18)6-4-19-13-25(29(33,34)35)26(36)37-16-19)27(41)38-23-8-7-22(24(15-23)28(30,31)32)17-40-11-9-39(2)10-12-40/h3,5,7-8,13-16H,9-12,17H2,1-2H3,(H2,36,37)(H,38,41). The van der Waals surface area contributed by atoms with Crippen LogP contribution in [-0.4, -0.2) is 53.9 Å². The quantitative estimate of drug-likeness (QED) is 0.322. The van der Waals surface area contributed by atoms with Crippen LogP contribution in [0.5, 0.6) is 0 Å². The summed E-state index contributed by atoms with van der Waals surface area (Å²) in [7, 11) is 1.96. The average molecular weight is 576 g/mol. The summed E-state index contributed by atoms with van der Waals surface area (Å²) in [6.07, 6.45) is -8.20. The van der Waals surface area contributed by atoms with E-state index >= 15 is 0 Å². The van der Waals surface area contributed by atoms with Crippen molar-refractivity contribution in [3.05, 3.63) is 87.6 Å². The predicted octanol–water partition coefficient (Wildman–Crippen LogP) is 5.41. The Hall–Kier alpha value is -4.08. The van der Waals surface area contributed by atoms with Crippen LogP contribution in [0.15, 0.2) is 48.7 Å². The lowest BCUT2D eigenvalue weighted by Gasteiger charge is -2.33. The molecule has 3 aromatic rings. The topological polar surface area (TPSA) is 74.5 Å². The first-order chi connectivity index (χ1) is 19.2. The Labute approximate surface area is 233 Å². The minimum Gasteiger partial charge on any atom is -0.383 e. The van der Waals surface area contributed by atoms with Gasteiger partial charge in [-0.15, -0.1) is 0 Å². The van der Waals surface area contributed by atoms with Crippen molar-refractivity contribution in [2.24, 2.45) is 0 Å². The number of carbonyl (C=O) groups excluding carboxylic acids is 1. The number of benzene rings is 2. The normalized spacial score (nSPS) is 14.8. The third kappa shape index (κ3) is 7.56. The van der Waals surface area contributed by atoms with Crippen LogP contribution in [0.3, 0.4) is 0 Å². The van der Waals surface area contributed by atoms with Crippen molar-refractivity contribution in [3.8, 4) is 11.8 Å². The van der Waals surface area contributed by atoms with Gasteiger partial charge in [-0.25, -0.2) is 4.98 Å². The van der Waals surface area contributed by atoms with E-state index in [4.69, 9.17) is 5.73 Å². The van der Waals surface area contributed by atoms with Crippen LogP contribution in [0.2, 0.25) is 0 Å². The van der Waals surface area contributed by atoms with Crippen molar-refractivity contribution in [2.75, 3.05) is 44.3 Å². The number of nitrogens with two attached hydrogens (primary N) is 1. The third-order valence-electron chi connectivity index (χ3n) is 6.73. The Balaban J connectivity index is 1.54. The Morgan fingerprint density at radius 2 is 1.63 bits per heavy atom. The van der Waals surface area contributed by atoms with E-state index in [0.29, 0.717) is 24.2 Å². The molecule has 1 amide bonds. The fraction of sp³-hybridized carbons (Fsp3) is 0.310. The van der Waals surface area contributed by atoms with E-state index in [-0.39, 0.29) is 28.9 Å². The molecule has 3 N–H and O–H groups in total. The molecule has 0 aliphatic carbocycles. The molecule has 0 spiro atoms. The van der Waals surface area contributed by atoms with Gasteiger partial charge >= 0.3 is 12.4 Å². The van der Waals surface area contributed by atoms with Gasteiger partial charge in [-0.1, -0.05) is 24.0 Å². The number of aromatic nitrogens is 1. The minimum atomic E-state index is -4.70. The van der Waals surface area contributed by atoms with Gasteiger partial charge in [0.1, 0.15) is 5.82 Å². The van der Waals surface area contributed by atoms with Gasteiger partial charge in [0.15, 0.2) is 0 Å². The Bertz CT molecular complexity index is 1500. The molecule has 0 bridgehead atoms. The number of pyridine rings is 1. The van der Waals surface area contributed by atoms with Crippen LogP contribution in [-0.2, 0) is 18.9 Å². The minimum absolute atomic E-state index is 0.0229. The highest BCUT2D eigenvalue weighted by molar-refractivity contribution is 6.04. The highest BCUT2D eigenvalue weighted by Crippen LogP contribution is 2.35. The molecule has 1 aliphatic rings. The summed E-state index contributed by atoms with van der Waals surface area (Å²) in [6.45, 7) is 4.69. The zero-order chi connectivity index (χ0) is 29.9. The van der Waals surface area contributed by atoms with E-state index in [2.05, 4.69) is 27.0 Å². The molecule has 2 aromatic carbocycles. The molecule has 4 rings (SSSR count). The summed E-state index contributed by atoms with van der Waals surface area (Å²) in [4.78, 5) is 20.6. The van der Waals surface area contributed by atoms with Crippen LogP contribution in [0, 0.1) is 18.8 Å². The van der Waals surface area contributed by atoms with E-state index in [1.165, 1.54) is 24.3 Å². The Kier molecular flexibility index (Phi) is 8.60. The largest absolute Gasteiger partial charge is 0.419 e. The fourth-order valence-electron chi connectivity index (χ4n) is 4.31. The number of amides is 1. The zero-order valence-electron chi connectivity index (χ0n) is 22.2. The molecule has 41 heavy (non-hydrogen) atoms. The second-order valence-electron chi connectivity index (χ2n) is 9.84. The number of rotatable bonds is 4. The molecule has 1 fully saturated rings. The van der Waals surface area contributed by atoms with Crippen molar-refractivity contribution >= 4 is 17.4 Å². The number of alkyl halides is 6.